The lowest BCUT2D eigenvalue weighted by Gasteiger charge is -2.11. The third-order valence-corrected chi connectivity index (χ3v) is 2.88. The number of phenols is 1. The van der Waals surface area contributed by atoms with Gasteiger partial charge in [-0.2, -0.15) is 0 Å². The molecule has 0 saturated heterocycles. The molecule has 2 aromatic carbocycles. The van der Waals surface area contributed by atoms with E-state index < -0.39 is 0 Å². The maximum absolute atomic E-state index is 13.6. The topological polar surface area (TPSA) is 41.5 Å². The number of rotatable bonds is 4. The number of hydrogen-bond donors (Lipinski definition) is 2. The van der Waals surface area contributed by atoms with E-state index in [0.717, 1.165) is 5.56 Å². The highest BCUT2D eigenvalue weighted by molar-refractivity contribution is 5.49. The predicted molar refractivity (Wildman–Crippen MR) is 73.1 cm³/mol. The lowest BCUT2D eigenvalue weighted by atomic mass is 10.1. The Morgan fingerprint density at radius 3 is 2.74 bits per heavy atom. The monoisotopic (exact) mass is 261 g/mol. The van der Waals surface area contributed by atoms with Crippen LogP contribution in [0.5, 0.6) is 11.5 Å². The van der Waals surface area contributed by atoms with Crippen LogP contribution >= 0.6 is 0 Å². The second kappa shape index (κ2) is 5.61. The van der Waals surface area contributed by atoms with Crippen molar-refractivity contribution in [2.45, 2.75) is 13.5 Å². The summed E-state index contributed by atoms with van der Waals surface area (Å²) >= 11 is 0. The Morgan fingerprint density at radius 1 is 1.21 bits per heavy atom. The molecule has 2 N–H and O–H groups in total. The molecule has 0 atom stereocenters. The van der Waals surface area contributed by atoms with E-state index >= 15 is 0 Å². The molecule has 0 heterocycles. The molecule has 0 radical (unpaired) electrons. The standard InChI is InChI=1S/C15H16FNO2/c1-10-3-5-13(16)14(7-10)17-9-11-8-12(19-2)4-6-15(11)18/h3-8,17-18H,9H2,1-2H3. The maximum Gasteiger partial charge on any atom is 0.146 e. The number of benzene rings is 2. The Balaban J connectivity index is 2.16. The van der Waals surface area contributed by atoms with Gasteiger partial charge in [-0.1, -0.05) is 6.07 Å². The highest BCUT2D eigenvalue weighted by atomic mass is 19.1. The number of aryl methyl sites for hydroxylation is 1. The Kier molecular flexibility index (Phi) is 3.90. The summed E-state index contributed by atoms with van der Waals surface area (Å²) in [4.78, 5) is 0. The number of phenolic OH excluding ortho intramolecular Hbond substituents is 1. The number of nitrogens with one attached hydrogen (secondary N) is 1. The van der Waals surface area contributed by atoms with Crippen LogP contribution in [0.15, 0.2) is 36.4 Å². The van der Waals surface area contributed by atoms with E-state index in [1.165, 1.54) is 6.07 Å². The van der Waals surface area contributed by atoms with Gasteiger partial charge in [0.1, 0.15) is 17.3 Å². The molecular weight excluding hydrogens is 245 g/mol. The number of methoxy groups -OCH3 is 1. The lowest BCUT2D eigenvalue weighted by molar-refractivity contribution is 0.411. The van der Waals surface area contributed by atoms with E-state index in [0.29, 0.717) is 23.5 Å². The van der Waals surface area contributed by atoms with Crippen LogP contribution in [-0.2, 0) is 6.54 Å². The number of hydrogen-bond acceptors (Lipinski definition) is 3. The van der Waals surface area contributed by atoms with Gasteiger partial charge in [-0.25, -0.2) is 4.39 Å². The van der Waals surface area contributed by atoms with Crippen LogP contribution < -0.4 is 10.1 Å². The van der Waals surface area contributed by atoms with Crippen molar-refractivity contribution in [3.05, 3.63) is 53.3 Å². The van der Waals surface area contributed by atoms with Crippen molar-refractivity contribution in [1.82, 2.24) is 0 Å². The van der Waals surface area contributed by atoms with Crippen molar-refractivity contribution in [3.63, 3.8) is 0 Å². The second-order valence-electron chi connectivity index (χ2n) is 4.33. The fourth-order valence-corrected chi connectivity index (χ4v) is 1.80. The smallest absolute Gasteiger partial charge is 0.146 e. The molecule has 19 heavy (non-hydrogen) atoms. The van der Waals surface area contributed by atoms with Gasteiger partial charge in [-0.05, 0) is 42.8 Å². The van der Waals surface area contributed by atoms with Crippen LogP contribution in [0.25, 0.3) is 0 Å². The first kappa shape index (κ1) is 13.2. The molecular formula is C15H16FNO2. The molecule has 0 bridgehead atoms. The number of anilines is 1. The summed E-state index contributed by atoms with van der Waals surface area (Å²) in [5.41, 5.74) is 2.04. The molecule has 0 aliphatic heterocycles. The van der Waals surface area contributed by atoms with Crippen molar-refractivity contribution < 1.29 is 14.2 Å². The Labute approximate surface area is 111 Å². The summed E-state index contributed by atoms with van der Waals surface area (Å²) in [6.07, 6.45) is 0. The summed E-state index contributed by atoms with van der Waals surface area (Å²) < 4.78 is 18.7. The Hall–Kier alpha value is -2.23. The first-order chi connectivity index (χ1) is 9.10. The quantitative estimate of drug-likeness (QED) is 0.885. The van der Waals surface area contributed by atoms with Gasteiger partial charge in [-0.15, -0.1) is 0 Å². The van der Waals surface area contributed by atoms with Gasteiger partial charge in [0.15, 0.2) is 0 Å². The molecule has 2 rings (SSSR count). The fourth-order valence-electron chi connectivity index (χ4n) is 1.80. The van der Waals surface area contributed by atoms with Crippen LogP contribution in [0.2, 0.25) is 0 Å². The predicted octanol–water partition coefficient (Wildman–Crippen LogP) is 3.46. The number of ether oxygens (including phenoxy) is 1. The molecule has 0 saturated carbocycles. The first-order valence-corrected chi connectivity index (χ1v) is 5.96. The van der Waals surface area contributed by atoms with E-state index in [1.54, 1.807) is 37.4 Å². The van der Waals surface area contributed by atoms with Crippen molar-refractivity contribution >= 4 is 5.69 Å². The van der Waals surface area contributed by atoms with Gasteiger partial charge in [0.25, 0.3) is 0 Å². The zero-order chi connectivity index (χ0) is 13.8. The van der Waals surface area contributed by atoms with Gasteiger partial charge in [0, 0.05) is 12.1 Å². The van der Waals surface area contributed by atoms with Crippen LogP contribution in [0, 0.1) is 12.7 Å². The van der Waals surface area contributed by atoms with Gasteiger partial charge in [0.2, 0.25) is 0 Å². The van der Waals surface area contributed by atoms with Crippen molar-refractivity contribution in [1.29, 1.82) is 0 Å². The highest BCUT2D eigenvalue weighted by Crippen LogP contribution is 2.24. The fraction of sp³-hybridized carbons (Fsp3) is 0.200. The normalized spacial score (nSPS) is 10.3. The van der Waals surface area contributed by atoms with E-state index in [9.17, 15) is 9.50 Å². The zero-order valence-corrected chi connectivity index (χ0v) is 10.9. The van der Waals surface area contributed by atoms with Crippen LogP contribution in [0.3, 0.4) is 0 Å². The summed E-state index contributed by atoms with van der Waals surface area (Å²) in [6, 6.07) is 9.81. The first-order valence-electron chi connectivity index (χ1n) is 5.96. The Morgan fingerprint density at radius 2 is 2.00 bits per heavy atom. The van der Waals surface area contributed by atoms with Crippen molar-refractivity contribution in [2.24, 2.45) is 0 Å². The van der Waals surface area contributed by atoms with Crippen LogP contribution in [0.4, 0.5) is 10.1 Å². The van der Waals surface area contributed by atoms with Gasteiger partial charge < -0.3 is 15.2 Å². The molecule has 0 aromatic heterocycles. The lowest BCUT2D eigenvalue weighted by Crippen LogP contribution is -2.02. The average molecular weight is 261 g/mol. The highest BCUT2D eigenvalue weighted by Gasteiger charge is 2.06. The van der Waals surface area contributed by atoms with Gasteiger partial charge in [0.05, 0.1) is 12.8 Å². The minimum absolute atomic E-state index is 0.154. The maximum atomic E-state index is 13.6. The number of halogens is 1. The molecule has 0 fully saturated rings. The summed E-state index contributed by atoms with van der Waals surface area (Å²) in [5, 5.41) is 12.7. The second-order valence-corrected chi connectivity index (χ2v) is 4.33. The van der Waals surface area contributed by atoms with Crippen molar-refractivity contribution in [2.75, 3.05) is 12.4 Å². The van der Waals surface area contributed by atoms with E-state index in [-0.39, 0.29) is 11.6 Å². The van der Waals surface area contributed by atoms with Gasteiger partial charge in [-0.3, -0.25) is 0 Å². The van der Waals surface area contributed by atoms with Crippen LogP contribution in [-0.4, -0.2) is 12.2 Å². The molecule has 100 valence electrons. The summed E-state index contributed by atoms with van der Waals surface area (Å²) in [7, 11) is 1.56. The summed E-state index contributed by atoms with van der Waals surface area (Å²) in [5.74, 6) is 0.494. The molecule has 2 aromatic rings. The largest absolute Gasteiger partial charge is 0.508 e. The van der Waals surface area contributed by atoms with Crippen molar-refractivity contribution in [3.8, 4) is 11.5 Å². The van der Waals surface area contributed by atoms with E-state index in [4.69, 9.17) is 4.74 Å². The third-order valence-electron chi connectivity index (χ3n) is 2.88. The Bertz CT molecular complexity index is 584. The minimum atomic E-state index is -0.312. The summed E-state index contributed by atoms with van der Waals surface area (Å²) in [6.45, 7) is 2.22. The molecule has 0 aliphatic carbocycles. The molecule has 0 unspecified atom stereocenters. The van der Waals surface area contributed by atoms with Crippen LogP contribution in [0.1, 0.15) is 11.1 Å². The third kappa shape index (κ3) is 3.16. The minimum Gasteiger partial charge on any atom is -0.508 e. The molecule has 0 spiro atoms. The van der Waals surface area contributed by atoms with E-state index in [1.807, 2.05) is 6.92 Å². The molecule has 0 aliphatic rings. The molecule has 4 heteroatoms. The zero-order valence-electron chi connectivity index (χ0n) is 10.9. The van der Waals surface area contributed by atoms with Gasteiger partial charge >= 0.3 is 0 Å². The molecule has 0 amide bonds. The van der Waals surface area contributed by atoms with E-state index in [2.05, 4.69) is 5.32 Å². The number of aromatic hydroxyl groups is 1. The average Bonchev–Trinajstić information content (AvgIpc) is 2.41. The SMILES string of the molecule is COc1ccc(O)c(CNc2cc(C)ccc2F)c1. The molecule has 3 nitrogen and oxygen atoms in total.